The van der Waals surface area contributed by atoms with E-state index >= 15 is 0 Å². The lowest BCUT2D eigenvalue weighted by atomic mass is 9.94. The van der Waals surface area contributed by atoms with Crippen molar-refractivity contribution in [1.82, 2.24) is 0 Å². The Morgan fingerprint density at radius 3 is 2.57 bits per heavy atom. The van der Waals surface area contributed by atoms with Crippen molar-refractivity contribution < 1.29 is 5.11 Å². The van der Waals surface area contributed by atoms with E-state index in [0.717, 1.165) is 25.2 Å². The Balaban J connectivity index is 2.10. The Morgan fingerprint density at radius 2 is 2.00 bits per heavy atom. The topological polar surface area (TPSA) is 20.2 Å². The van der Waals surface area contributed by atoms with Crippen LogP contribution in [0.1, 0.15) is 71.6 Å². The molecule has 0 radical (unpaired) electrons. The van der Waals surface area contributed by atoms with E-state index in [1.54, 1.807) is 0 Å². The summed E-state index contributed by atoms with van der Waals surface area (Å²) in [5.41, 5.74) is -0.296. The normalized spacial score (nSPS) is 32.4. The summed E-state index contributed by atoms with van der Waals surface area (Å²) in [6, 6.07) is 0. The van der Waals surface area contributed by atoms with E-state index in [-0.39, 0.29) is 5.60 Å². The molecule has 2 atom stereocenters. The zero-order chi connectivity index (χ0) is 10.4. The van der Waals surface area contributed by atoms with Crippen molar-refractivity contribution >= 4 is 0 Å². The molecule has 2 unspecified atom stereocenters. The summed E-state index contributed by atoms with van der Waals surface area (Å²) < 4.78 is 0. The largest absolute Gasteiger partial charge is 0.390 e. The molecule has 1 fully saturated rings. The van der Waals surface area contributed by atoms with Crippen molar-refractivity contribution in [2.75, 3.05) is 0 Å². The molecule has 0 aromatic rings. The fraction of sp³-hybridized carbons (Fsp3) is 1.00. The summed E-state index contributed by atoms with van der Waals surface area (Å²) in [5, 5.41) is 10.1. The average molecular weight is 198 g/mol. The minimum Gasteiger partial charge on any atom is -0.390 e. The predicted molar refractivity (Wildman–Crippen MR) is 61.3 cm³/mol. The van der Waals surface area contributed by atoms with Gasteiger partial charge in [0.25, 0.3) is 0 Å². The van der Waals surface area contributed by atoms with E-state index in [9.17, 15) is 5.11 Å². The molecule has 1 N–H and O–H groups in total. The lowest BCUT2D eigenvalue weighted by Gasteiger charge is -2.20. The van der Waals surface area contributed by atoms with Gasteiger partial charge in [-0.05, 0) is 31.6 Å². The second kappa shape index (κ2) is 5.75. The van der Waals surface area contributed by atoms with Crippen LogP contribution in [0.15, 0.2) is 0 Å². The van der Waals surface area contributed by atoms with Gasteiger partial charge in [0, 0.05) is 0 Å². The number of hydrogen-bond acceptors (Lipinski definition) is 1. The minimum absolute atomic E-state index is 0.296. The molecule has 1 rings (SSSR count). The van der Waals surface area contributed by atoms with Crippen LogP contribution in [0.3, 0.4) is 0 Å². The summed E-state index contributed by atoms with van der Waals surface area (Å²) >= 11 is 0. The van der Waals surface area contributed by atoms with Crippen LogP contribution in [0.4, 0.5) is 0 Å². The highest BCUT2D eigenvalue weighted by Gasteiger charge is 2.34. The molecule has 84 valence electrons. The Kier molecular flexibility index (Phi) is 4.94. The van der Waals surface area contributed by atoms with Crippen LogP contribution in [0, 0.1) is 5.92 Å². The maximum Gasteiger partial charge on any atom is 0.0648 e. The lowest BCUT2D eigenvalue weighted by Crippen LogP contribution is -2.23. The molecule has 1 nitrogen and oxygen atoms in total. The van der Waals surface area contributed by atoms with Gasteiger partial charge in [-0.1, -0.05) is 46.0 Å². The second-order valence-electron chi connectivity index (χ2n) is 5.04. The highest BCUT2D eigenvalue weighted by atomic mass is 16.3. The maximum absolute atomic E-state index is 10.1. The number of rotatable bonds is 6. The molecule has 0 spiro atoms. The van der Waals surface area contributed by atoms with Crippen molar-refractivity contribution in [2.45, 2.75) is 77.2 Å². The molecule has 0 aromatic heterocycles. The zero-order valence-corrected chi connectivity index (χ0v) is 9.89. The molecule has 0 saturated heterocycles. The summed E-state index contributed by atoms with van der Waals surface area (Å²) in [7, 11) is 0. The number of aliphatic hydroxyl groups is 1. The summed E-state index contributed by atoms with van der Waals surface area (Å²) in [6.07, 6.45) is 11.1. The molecule has 14 heavy (non-hydrogen) atoms. The SMILES string of the molecule is CCCCCCC1CCC(O)(CC)C1. The van der Waals surface area contributed by atoms with Gasteiger partial charge >= 0.3 is 0 Å². The molecule has 1 aliphatic carbocycles. The average Bonchev–Trinajstić information content (AvgIpc) is 2.56. The standard InChI is InChI=1S/C13H26O/c1-3-5-6-7-8-12-9-10-13(14,4-2)11-12/h12,14H,3-11H2,1-2H3. The molecule has 0 amide bonds. The van der Waals surface area contributed by atoms with Crippen LogP contribution in [0.2, 0.25) is 0 Å². The Morgan fingerprint density at radius 1 is 1.21 bits per heavy atom. The van der Waals surface area contributed by atoms with E-state index in [4.69, 9.17) is 0 Å². The number of unbranched alkanes of at least 4 members (excludes halogenated alkanes) is 3. The first-order valence-electron chi connectivity index (χ1n) is 6.42. The third-order valence-corrected chi connectivity index (χ3v) is 3.81. The van der Waals surface area contributed by atoms with Crippen molar-refractivity contribution in [1.29, 1.82) is 0 Å². The van der Waals surface area contributed by atoms with Crippen LogP contribution in [0.25, 0.3) is 0 Å². The van der Waals surface area contributed by atoms with E-state index in [0.29, 0.717) is 0 Å². The van der Waals surface area contributed by atoms with Gasteiger partial charge in [-0.3, -0.25) is 0 Å². The van der Waals surface area contributed by atoms with E-state index in [2.05, 4.69) is 13.8 Å². The van der Waals surface area contributed by atoms with Gasteiger partial charge in [0.05, 0.1) is 5.60 Å². The van der Waals surface area contributed by atoms with Crippen LogP contribution < -0.4 is 0 Å². The molecule has 0 heterocycles. The first-order chi connectivity index (χ1) is 6.70. The third kappa shape index (κ3) is 3.61. The predicted octanol–water partition coefficient (Wildman–Crippen LogP) is 3.90. The smallest absolute Gasteiger partial charge is 0.0648 e. The van der Waals surface area contributed by atoms with Crippen LogP contribution in [0.5, 0.6) is 0 Å². The monoisotopic (exact) mass is 198 g/mol. The molecule has 1 heteroatoms. The van der Waals surface area contributed by atoms with Crippen LogP contribution in [-0.2, 0) is 0 Å². The fourth-order valence-electron chi connectivity index (χ4n) is 2.64. The van der Waals surface area contributed by atoms with Crippen molar-refractivity contribution in [2.24, 2.45) is 5.92 Å². The summed E-state index contributed by atoms with van der Waals surface area (Å²) in [6.45, 7) is 4.37. The highest BCUT2D eigenvalue weighted by Crippen LogP contribution is 2.39. The van der Waals surface area contributed by atoms with Gasteiger partial charge in [0.1, 0.15) is 0 Å². The quantitative estimate of drug-likeness (QED) is 0.642. The van der Waals surface area contributed by atoms with Gasteiger partial charge in [-0.2, -0.15) is 0 Å². The molecule has 0 bridgehead atoms. The zero-order valence-electron chi connectivity index (χ0n) is 9.89. The number of hydrogen-bond donors (Lipinski definition) is 1. The fourth-order valence-corrected chi connectivity index (χ4v) is 2.64. The second-order valence-corrected chi connectivity index (χ2v) is 5.04. The Hall–Kier alpha value is -0.0400. The summed E-state index contributed by atoms with van der Waals surface area (Å²) in [4.78, 5) is 0. The third-order valence-electron chi connectivity index (χ3n) is 3.81. The molecule has 1 saturated carbocycles. The van der Waals surface area contributed by atoms with E-state index < -0.39 is 0 Å². The van der Waals surface area contributed by atoms with E-state index in [1.165, 1.54) is 38.5 Å². The highest BCUT2D eigenvalue weighted by molar-refractivity contribution is 4.87. The van der Waals surface area contributed by atoms with Crippen LogP contribution in [-0.4, -0.2) is 10.7 Å². The van der Waals surface area contributed by atoms with Gasteiger partial charge in [0.2, 0.25) is 0 Å². The van der Waals surface area contributed by atoms with Crippen molar-refractivity contribution in [3.63, 3.8) is 0 Å². The molecular formula is C13H26O. The van der Waals surface area contributed by atoms with E-state index in [1.807, 2.05) is 0 Å². The first-order valence-corrected chi connectivity index (χ1v) is 6.42. The van der Waals surface area contributed by atoms with Gasteiger partial charge in [0.15, 0.2) is 0 Å². The molecular weight excluding hydrogens is 172 g/mol. The van der Waals surface area contributed by atoms with Gasteiger partial charge < -0.3 is 5.11 Å². The van der Waals surface area contributed by atoms with Crippen molar-refractivity contribution in [3.8, 4) is 0 Å². The Labute approximate surface area is 88.9 Å². The minimum atomic E-state index is -0.296. The molecule has 1 aliphatic rings. The molecule has 0 aliphatic heterocycles. The first kappa shape index (κ1) is 12.0. The lowest BCUT2D eigenvalue weighted by molar-refractivity contribution is 0.0391. The van der Waals surface area contributed by atoms with Crippen LogP contribution >= 0.6 is 0 Å². The Bertz CT molecular complexity index is 155. The summed E-state index contributed by atoms with van der Waals surface area (Å²) in [5.74, 6) is 0.816. The van der Waals surface area contributed by atoms with Gasteiger partial charge in [-0.25, -0.2) is 0 Å². The molecule has 0 aromatic carbocycles. The van der Waals surface area contributed by atoms with Gasteiger partial charge in [-0.15, -0.1) is 0 Å². The van der Waals surface area contributed by atoms with Crippen molar-refractivity contribution in [3.05, 3.63) is 0 Å². The maximum atomic E-state index is 10.1.